The largest absolute Gasteiger partial charge is 0.503 e. The van der Waals surface area contributed by atoms with Crippen LogP contribution in [0.5, 0.6) is 5.75 Å². The van der Waals surface area contributed by atoms with E-state index in [-0.39, 0.29) is 0 Å². The molecule has 0 aliphatic carbocycles. The van der Waals surface area contributed by atoms with Crippen LogP contribution in [0.15, 0.2) is 24.4 Å². The van der Waals surface area contributed by atoms with Crippen LogP contribution in [0.25, 0.3) is 10.9 Å². The van der Waals surface area contributed by atoms with Gasteiger partial charge in [-0.15, -0.1) is 6.42 Å². The molecule has 0 atom stereocenters. The van der Waals surface area contributed by atoms with Gasteiger partial charge in [0.2, 0.25) is 0 Å². The number of likely N-dealkylation sites (N-methyl/N-ethyl adjacent to an activating group) is 1. The number of nitrogens with zero attached hydrogens (tertiary/aromatic N) is 2. The Labute approximate surface area is 111 Å². The molecule has 3 nitrogen and oxygen atoms in total. The van der Waals surface area contributed by atoms with E-state index < -0.39 is 11.6 Å². The molecule has 19 heavy (non-hydrogen) atoms. The average molecular weight is 258 g/mol. The highest BCUT2D eigenvalue weighted by atomic mass is 19.1. The second-order valence-corrected chi connectivity index (χ2v) is 4.46. The highest BCUT2D eigenvalue weighted by Crippen LogP contribution is 2.29. The molecule has 0 saturated carbocycles. The van der Waals surface area contributed by atoms with Gasteiger partial charge in [0.05, 0.1) is 6.54 Å². The lowest BCUT2D eigenvalue weighted by atomic mass is 10.0. The Kier molecular flexibility index (Phi) is 3.98. The van der Waals surface area contributed by atoms with Gasteiger partial charge in [-0.3, -0.25) is 9.88 Å². The molecule has 98 valence electrons. The van der Waals surface area contributed by atoms with Crippen LogP contribution in [0.3, 0.4) is 0 Å². The molecule has 0 fully saturated rings. The molecule has 0 amide bonds. The minimum absolute atomic E-state index is 0.303. The number of fused-ring (bicyclic) bond motifs is 1. The fraction of sp³-hybridized carbons (Fsp3) is 0.267. The summed E-state index contributed by atoms with van der Waals surface area (Å²) in [5.74, 6) is 1.53. The molecular formula is C15H15FN2O. The minimum atomic E-state index is -0.638. The highest BCUT2D eigenvalue weighted by molar-refractivity contribution is 5.87. The molecule has 0 spiro atoms. The van der Waals surface area contributed by atoms with Crippen LogP contribution in [-0.2, 0) is 6.42 Å². The van der Waals surface area contributed by atoms with Gasteiger partial charge in [0.15, 0.2) is 11.6 Å². The van der Waals surface area contributed by atoms with Crippen molar-refractivity contribution in [1.29, 1.82) is 0 Å². The zero-order valence-electron chi connectivity index (χ0n) is 10.7. The van der Waals surface area contributed by atoms with Crippen LogP contribution in [0.1, 0.15) is 5.56 Å². The van der Waals surface area contributed by atoms with Gasteiger partial charge in [0.25, 0.3) is 0 Å². The maximum Gasteiger partial charge on any atom is 0.178 e. The van der Waals surface area contributed by atoms with E-state index in [9.17, 15) is 9.50 Å². The first-order valence-electron chi connectivity index (χ1n) is 6.00. The lowest BCUT2D eigenvalue weighted by Gasteiger charge is -2.14. The number of aromatic hydroxyl groups is 1. The fourth-order valence-corrected chi connectivity index (χ4v) is 2.02. The molecule has 1 aromatic carbocycles. The monoisotopic (exact) mass is 258 g/mol. The topological polar surface area (TPSA) is 36.4 Å². The maximum absolute atomic E-state index is 13.6. The van der Waals surface area contributed by atoms with Crippen molar-refractivity contribution in [3.05, 3.63) is 35.8 Å². The molecule has 1 heterocycles. The van der Waals surface area contributed by atoms with Crippen LogP contribution in [0.2, 0.25) is 0 Å². The van der Waals surface area contributed by atoms with Crippen molar-refractivity contribution in [1.82, 2.24) is 9.88 Å². The van der Waals surface area contributed by atoms with Gasteiger partial charge in [-0.25, -0.2) is 4.39 Å². The van der Waals surface area contributed by atoms with Gasteiger partial charge in [0, 0.05) is 18.1 Å². The van der Waals surface area contributed by atoms with E-state index in [1.54, 1.807) is 6.07 Å². The Morgan fingerprint density at radius 2 is 2.32 bits per heavy atom. The summed E-state index contributed by atoms with van der Waals surface area (Å²) in [6.07, 6.45) is 7.43. The van der Waals surface area contributed by atoms with Crippen LogP contribution in [-0.4, -0.2) is 35.1 Å². The lowest BCUT2D eigenvalue weighted by Crippen LogP contribution is -2.21. The summed E-state index contributed by atoms with van der Waals surface area (Å²) in [6, 6.07) is 4.97. The SMILES string of the molecule is C#CCN(C)CCc1cc(F)c(O)c2ncccc12. The van der Waals surface area contributed by atoms with Gasteiger partial charge in [-0.2, -0.15) is 0 Å². The van der Waals surface area contributed by atoms with Gasteiger partial charge >= 0.3 is 0 Å². The average Bonchev–Trinajstić information content (AvgIpc) is 2.42. The van der Waals surface area contributed by atoms with Crippen LogP contribution in [0.4, 0.5) is 4.39 Å². The predicted molar refractivity (Wildman–Crippen MR) is 73.4 cm³/mol. The summed E-state index contributed by atoms with van der Waals surface area (Å²) in [5.41, 5.74) is 1.12. The Morgan fingerprint density at radius 3 is 3.05 bits per heavy atom. The van der Waals surface area contributed by atoms with Gasteiger partial charge in [0.1, 0.15) is 5.52 Å². The smallest absolute Gasteiger partial charge is 0.178 e. The molecule has 0 saturated heterocycles. The van der Waals surface area contributed by atoms with Crippen molar-refractivity contribution < 1.29 is 9.50 Å². The van der Waals surface area contributed by atoms with E-state index in [0.29, 0.717) is 18.5 Å². The summed E-state index contributed by atoms with van der Waals surface area (Å²) in [5, 5.41) is 10.4. The number of aromatic nitrogens is 1. The molecule has 0 radical (unpaired) electrons. The quantitative estimate of drug-likeness (QED) is 0.854. The molecule has 4 heteroatoms. The normalized spacial score (nSPS) is 10.8. The molecule has 2 rings (SSSR count). The second-order valence-electron chi connectivity index (χ2n) is 4.46. The number of terminal acetylenes is 1. The third-order valence-corrected chi connectivity index (χ3v) is 3.03. The molecule has 0 unspecified atom stereocenters. The Bertz CT molecular complexity index is 634. The number of phenolic OH excluding ortho intramolecular Hbond substituents is 1. The van der Waals surface area contributed by atoms with Gasteiger partial charge in [-0.05, 0) is 31.2 Å². The van der Waals surface area contributed by atoms with Crippen molar-refractivity contribution >= 4 is 10.9 Å². The molecule has 0 bridgehead atoms. The molecule has 2 aromatic rings. The van der Waals surface area contributed by atoms with Crippen molar-refractivity contribution in [3.8, 4) is 18.1 Å². The third kappa shape index (κ3) is 2.83. The summed E-state index contributed by atoms with van der Waals surface area (Å²) in [4.78, 5) is 6.01. The van der Waals surface area contributed by atoms with E-state index in [0.717, 1.165) is 17.5 Å². The van der Waals surface area contributed by atoms with Crippen LogP contribution >= 0.6 is 0 Å². The molecule has 0 aliphatic heterocycles. The summed E-state index contributed by atoms with van der Waals surface area (Å²) in [6.45, 7) is 1.27. The first-order chi connectivity index (χ1) is 9.13. The van der Waals surface area contributed by atoms with Gasteiger partial charge in [-0.1, -0.05) is 12.0 Å². The van der Waals surface area contributed by atoms with Crippen molar-refractivity contribution in [2.45, 2.75) is 6.42 Å². The first kappa shape index (κ1) is 13.3. The number of hydrogen-bond donors (Lipinski definition) is 1. The Balaban J connectivity index is 2.33. The Morgan fingerprint density at radius 1 is 1.53 bits per heavy atom. The fourth-order valence-electron chi connectivity index (χ4n) is 2.02. The first-order valence-corrected chi connectivity index (χ1v) is 6.00. The zero-order chi connectivity index (χ0) is 13.8. The van der Waals surface area contributed by atoms with E-state index in [4.69, 9.17) is 6.42 Å². The number of halogens is 1. The van der Waals surface area contributed by atoms with E-state index in [1.807, 2.05) is 18.0 Å². The predicted octanol–water partition coefficient (Wildman–Crippen LogP) is 2.19. The van der Waals surface area contributed by atoms with Crippen molar-refractivity contribution in [2.75, 3.05) is 20.1 Å². The molecule has 0 aliphatic rings. The van der Waals surface area contributed by atoms with E-state index in [2.05, 4.69) is 10.9 Å². The molecular weight excluding hydrogens is 243 g/mol. The van der Waals surface area contributed by atoms with Crippen molar-refractivity contribution in [3.63, 3.8) is 0 Å². The summed E-state index contributed by atoms with van der Waals surface area (Å²) < 4.78 is 13.6. The van der Waals surface area contributed by atoms with Crippen LogP contribution < -0.4 is 0 Å². The minimum Gasteiger partial charge on any atom is -0.503 e. The van der Waals surface area contributed by atoms with Crippen molar-refractivity contribution in [2.24, 2.45) is 0 Å². The molecule has 1 aromatic heterocycles. The molecule has 1 N–H and O–H groups in total. The summed E-state index contributed by atoms with van der Waals surface area (Å²) in [7, 11) is 1.91. The standard InChI is InChI=1S/C15H15FN2O/c1-3-8-18(2)9-6-11-10-13(16)15(19)14-12(11)5-4-7-17-14/h1,4-5,7,10,19H,6,8-9H2,2H3. The number of pyridine rings is 1. The second kappa shape index (κ2) is 5.68. The summed E-state index contributed by atoms with van der Waals surface area (Å²) >= 11 is 0. The maximum atomic E-state index is 13.6. The van der Waals surface area contributed by atoms with Crippen LogP contribution in [0, 0.1) is 18.2 Å². The van der Waals surface area contributed by atoms with E-state index in [1.165, 1.54) is 12.3 Å². The Hall–Kier alpha value is -2.12. The zero-order valence-corrected chi connectivity index (χ0v) is 10.7. The van der Waals surface area contributed by atoms with E-state index >= 15 is 0 Å². The number of hydrogen-bond acceptors (Lipinski definition) is 3. The number of rotatable bonds is 4. The number of benzene rings is 1. The lowest BCUT2D eigenvalue weighted by molar-refractivity contribution is 0.380. The third-order valence-electron chi connectivity index (χ3n) is 3.03. The highest BCUT2D eigenvalue weighted by Gasteiger charge is 2.12. The number of phenols is 1. The van der Waals surface area contributed by atoms with Gasteiger partial charge < -0.3 is 5.11 Å².